The van der Waals surface area contributed by atoms with Gasteiger partial charge in [-0.2, -0.15) is 5.10 Å². The molecule has 6 heteroatoms. The number of fused-ring (bicyclic) bond motifs is 1. The molecule has 0 saturated carbocycles. The van der Waals surface area contributed by atoms with Crippen LogP contribution >= 0.6 is 0 Å². The van der Waals surface area contributed by atoms with E-state index in [1.807, 2.05) is 0 Å². The van der Waals surface area contributed by atoms with Gasteiger partial charge in [0.05, 0.1) is 19.3 Å². The van der Waals surface area contributed by atoms with Crippen molar-refractivity contribution >= 4 is 5.91 Å². The number of ether oxygens (including phenoxy) is 1. The predicted molar refractivity (Wildman–Crippen MR) is 85.8 cm³/mol. The van der Waals surface area contributed by atoms with Gasteiger partial charge in [0, 0.05) is 18.2 Å². The van der Waals surface area contributed by atoms with Crippen molar-refractivity contribution in [3.63, 3.8) is 0 Å². The first-order valence-corrected chi connectivity index (χ1v) is 7.69. The molecule has 23 heavy (non-hydrogen) atoms. The highest BCUT2D eigenvalue weighted by Crippen LogP contribution is 2.16. The van der Waals surface area contributed by atoms with Gasteiger partial charge in [-0.3, -0.25) is 9.59 Å². The van der Waals surface area contributed by atoms with E-state index in [0.717, 1.165) is 30.5 Å². The summed E-state index contributed by atoms with van der Waals surface area (Å²) in [5.41, 5.74) is 2.48. The third-order valence-corrected chi connectivity index (χ3v) is 3.96. The van der Waals surface area contributed by atoms with Crippen LogP contribution < -0.4 is 15.6 Å². The first-order chi connectivity index (χ1) is 11.2. The molecule has 6 nitrogen and oxygen atoms in total. The van der Waals surface area contributed by atoms with Crippen LogP contribution in [-0.2, 0) is 19.4 Å². The van der Waals surface area contributed by atoms with Gasteiger partial charge in [-0.25, -0.2) is 4.68 Å². The standard InChI is InChI=1S/C17H19N3O3/c1-23-14-6-2-5-13(10-14)17(22)18-8-9-20-16(21)11-12-4-3-7-15(12)19-20/h2,5-6,10-11H,3-4,7-9H2,1H3,(H,18,22). The van der Waals surface area contributed by atoms with Crippen LogP contribution in [0.4, 0.5) is 0 Å². The van der Waals surface area contributed by atoms with Crippen molar-refractivity contribution in [1.82, 2.24) is 15.1 Å². The molecule has 0 atom stereocenters. The SMILES string of the molecule is COc1cccc(C(=O)NCCn2nc3c(cc2=O)CCC3)c1. The number of carbonyl (C=O) groups is 1. The van der Waals surface area contributed by atoms with Crippen molar-refractivity contribution in [3.05, 3.63) is 57.5 Å². The van der Waals surface area contributed by atoms with E-state index in [9.17, 15) is 9.59 Å². The molecule has 0 saturated heterocycles. The van der Waals surface area contributed by atoms with Crippen molar-refractivity contribution in [3.8, 4) is 5.75 Å². The molecule has 3 rings (SSSR count). The van der Waals surface area contributed by atoms with Gasteiger partial charge in [-0.15, -0.1) is 0 Å². The average molecular weight is 313 g/mol. The lowest BCUT2D eigenvalue weighted by Crippen LogP contribution is -2.32. The van der Waals surface area contributed by atoms with E-state index in [-0.39, 0.29) is 11.5 Å². The highest BCUT2D eigenvalue weighted by Gasteiger charge is 2.14. The molecule has 1 aromatic heterocycles. The number of nitrogens with one attached hydrogen (secondary N) is 1. The van der Waals surface area contributed by atoms with Crippen LogP contribution in [0.5, 0.6) is 5.75 Å². The molecule has 1 heterocycles. The highest BCUT2D eigenvalue weighted by atomic mass is 16.5. The van der Waals surface area contributed by atoms with Crippen LogP contribution in [0.2, 0.25) is 0 Å². The third-order valence-electron chi connectivity index (χ3n) is 3.96. The van der Waals surface area contributed by atoms with Crippen molar-refractivity contribution in [2.24, 2.45) is 0 Å². The fourth-order valence-electron chi connectivity index (χ4n) is 2.74. The molecule has 0 radical (unpaired) electrons. The quantitative estimate of drug-likeness (QED) is 0.899. The second-order valence-electron chi connectivity index (χ2n) is 5.52. The number of aromatic nitrogens is 2. The number of aryl methyl sites for hydroxylation is 2. The normalized spacial score (nSPS) is 12.7. The van der Waals surface area contributed by atoms with E-state index in [1.165, 1.54) is 4.68 Å². The number of benzene rings is 1. The Morgan fingerprint density at radius 1 is 1.35 bits per heavy atom. The van der Waals surface area contributed by atoms with Crippen molar-refractivity contribution in [2.75, 3.05) is 13.7 Å². The first-order valence-electron chi connectivity index (χ1n) is 7.69. The molecule has 1 N–H and O–H groups in total. The first kappa shape index (κ1) is 15.3. The Labute approximate surface area is 134 Å². The minimum atomic E-state index is -0.196. The summed E-state index contributed by atoms with van der Waals surface area (Å²) in [5.74, 6) is 0.437. The summed E-state index contributed by atoms with van der Waals surface area (Å²) in [6.07, 6.45) is 2.91. The summed E-state index contributed by atoms with van der Waals surface area (Å²) in [6.45, 7) is 0.712. The molecular formula is C17H19N3O3. The number of hydrogen-bond donors (Lipinski definition) is 1. The Hall–Kier alpha value is -2.63. The van der Waals surface area contributed by atoms with Crippen LogP contribution in [0, 0.1) is 0 Å². The molecule has 0 aliphatic heterocycles. The molecule has 0 bridgehead atoms. The Morgan fingerprint density at radius 2 is 2.22 bits per heavy atom. The number of methoxy groups -OCH3 is 1. The summed E-state index contributed by atoms with van der Waals surface area (Å²) in [6, 6.07) is 8.61. The van der Waals surface area contributed by atoms with E-state index in [4.69, 9.17) is 4.74 Å². The molecule has 1 aromatic carbocycles. The van der Waals surface area contributed by atoms with Gasteiger partial charge in [-0.05, 0) is 43.0 Å². The fourth-order valence-corrected chi connectivity index (χ4v) is 2.74. The van der Waals surface area contributed by atoms with Gasteiger partial charge in [0.25, 0.3) is 11.5 Å². The average Bonchev–Trinajstić information content (AvgIpc) is 3.02. The molecule has 0 unspecified atom stereocenters. The Bertz CT molecular complexity index is 783. The van der Waals surface area contributed by atoms with Crippen LogP contribution in [-0.4, -0.2) is 29.3 Å². The minimum absolute atomic E-state index is 0.110. The van der Waals surface area contributed by atoms with Crippen molar-refractivity contribution in [1.29, 1.82) is 0 Å². The predicted octanol–water partition coefficient (Wildman–Crippen LogP) is 1.17. The van der Waals surface area contributed by atoms with Crippen LogP contribution in [0.1, 0.15) is 28.0 Å². The zero-order valence-electron chi connectivity index (χ0n) is 13.0. The van der Waals surface area contributed by atoms with Gasteiger partial charge in [0.15, 0.2) is 0 Å². The number of rotatable bonds is 5. The minimum Gasteiger partial charge on any atom is -0.497 e. The van der Waals surface area contributed by atoms with Crippen molar-refractivity contribution < 1.29 is 9.53 Å². The lowest BCUT2D eigenvalue weighted by molar-refractivity contribution is 0.0951. The molecule has 0 spiro atoms. The van der Waals surface area contributed by atoms with Gasteiger partial charge in [0.2, 0.25) is 0 Å². The van der Waals surface area contributed by atoms with E-state index in [1.54, 1.807) is 37.4 Å². The summed E-state index contributed by atoms with van der Waals surface area (Å²) in [4.78, 5) is 24.1. The Kier molecular flexibility index (Phi) is 4.41. The molecule has 0 fully saturated rings. The Morgan fingerprint density at radius 3 is 3.04 bits per heavy atom. The van der Waals surface area contributed by atoms with E-state index in [2.05, 4.69) is 10.4 Å². The smallest absolute Gasteiger partial charge is 0.267 e. The van der Waals surface area contributed by atoms with Gasteiger partial charge in [-0.1, -0.05) is 6.07 Å². The van der Waals surface area contributed by atoms with Gasteiger partial charge in [0.1, 0.15) is 5.75 Å². The van der Waals surface area contributed by atoms with Crippen LogP contribution in [0.15, 0.2) is 35.1 Å². The third kappa shape index (κ3) is 3.41. The fraction of sp³-hybridized carbons (Fsp3) is 0.353. The van der Waals surface area contributed by atoms with E-state index in [0.29, 0.717) is 24.4 Å². The molecule has 1 aliphatic rings. The maximum atomic E-state index is 12.1. The number of carbonyl (C=O) groups excluding carboxylic acids is 1. The van der Waals surface area contributed by atoms with Gasteiger partial charge >= 0.3 is 0 Å². The van der Waals surface area contributed by atoms with Crippen LogP contribution in [0.25, 0.3) is 0 Å². The summed E-state index contributed by atoms with van der Waals surface area (Å²) >= 11 is 0. The largest absolute Gasteiger partial charge is 0.497 e. The maximum absolute atomic E-state index is 12.1. The second kappa shape index (κ2) is 6.64. The Balaban J connectivity index is 1.61. The summed E-state index contributed by atoms with van der Waals surface area (Å²) < 4.78 is 6.53. The molecule has 120 valence electrons. The summed E-state index contributed by atoms with van der Waals surface area (Å²) in [5, 5.41) is 7.18. The molecule has 1 aliphatic carbocycles. The number of nitrogens with zero attached hydrogens (tertiary/aromatic N) is 2. The second-order valence-corrected chi connectivity index (χ2v) is 5.52. The molecular weight excluding hydrogens is 294 g/mol. The zero-order chi connectivity index (χ0) is 16.2. The van der Waals surface area contributed by atoms with Crippen LogP contribution in [0.3, 0.4) is 0 Å². The monoisotopic (exact) mass is 313 g/mol. The zero-order valence-corrected chi connectivity index (χ0v) is 13.0. The lowest BCUT2D eigenvalue weighted by atomic mass is 10.2. The number of amides is 1. The molecule has 1 amide bonds. The van der Waals surface area contributed by atoms with Crippen molar-refractivity contribution in [2.45, 2.75) is 25.8 Å². The maximum Gasteiger partial charge on any atom is 0.267 e. The summed E-state index contributed by atoms with van der Waals surface area (Å²) in [7, 11) is 1.56. The topological polar surface area (TPSA) is 73.2 Å². The number of hydrogen-bond acceptors (Lipinski definition) is 4. The van der Waals surface area contributed by atoms with E-state index >= 15 is 0 Å². The molecule has 2 aromatic rings. The van der Waals surface area contributed by atoms with E-state index < -0.39 is 0 Å². The lowest BCUT2D eigenvalue weighted by Gasteiger charge is -2.09. The highest BCUT2D eigenvalue weighted by molar-refractivity contribution is 5.94. The van der Waals surface area contributed by atoms with Gasteiger partial charge < -0.3 is 10.1 Å².